The van der Waals surface area contributed by atoms with Crippen molar-refractivity contribution >= 4 is 47.6 Å². The van der Waals surface area contributed by atoms with E-state index in [4.69, 9.17) is 9.47 Å². The number of benzene rings is 4. The van der Waals surface area contributed by atoms with E-state index in [1.807, 2.05) is 0 Å². The Labute approximate surface area is 312 Å². The maximum absolute atomic E-state index is 14.2. The molecule has 18 heteroatoms. The van der Waals surface area contributed by atoms with Crippen LogP contribution in [0.5, 0.6) is 5.75 Å². The van der Waals surface area contributed by atoms with Crippen LogP contribution in [0.3, 0.4) is 0 Å². The molecule has 12 nitrogen and oxygen atoms in total. The number of hydrogen-bond donors (Lipinski definition) is 1. The first-order chi connectivity index (χ1) is 25.5. The van der Waals surface area contributed by atoms with Gasteiger partial charge in [0.05, 0.1) is 4.90 Å². The first-order valence-corrected chi connectivity index (χ1v) is 20.1. The van der Waals surface area contributed by atoms with Gasteiger partial charge in [0.1, 0.15) is 22.9 Å². The fraction of sp³-hybridized carbons (Fsp3) is 0.194. The van der Waals surface area contributed by atoms with E-state index in [0.29, 0.717) is 34.3 Å². The van der Waals surface area contributed by atoms with Crippen molar-refractivity contribution in [2.24, 2.45) is 0 Å². The van der Waals surface area contributed by atoms with Crippen molar-refractivity contribution in [3.8, 4) is 5.75 Å². The zero-order valence-corrected chi connectivity index (χ0v) is 30.7. The molecule has 2 unspecified atom stereocenters. The summed E-state index contributed by atoms with van der Waals surface area (Å²) in [6, 6.07) is 28.0. The zero-order valence-electron chi connectivity index (χ0n) is 28.3. The Morgan fingerprint density at radius 2 is 1.35 bits per heavy atom. The second-order valence-corrected chi connectivity index (χ2v) is 17.1. The van der Waals surface area contributed by atoms with Gasteiger partial charge in [0.2, 0.25) is 8.87 Å². The number of esters is 1. The lowest BCUT2D eigenvalue weighted by Gasteiger charge is -2.46. The predicted octanol–water partition coefficient (Wildman–Crippen LogP) is 5.58. The Hall–Kier alpha value is -5.33. The van der Waals surface area contributed by atoms with Crippen LogP contribution in [0.1, 0.15) is 29.7 Å². The lowest BCUT2D eigenvalue weighted by atomic mass is 10.0. The highest BCUT2D eigenvalue weighted by atomic mass is 33.1. The van der Waals surface area contributed by atoms with Crippen LogP contribution in [0.4, 0.5) is 13.2 Å². The number of nitrogens with zero attached hydrogens (tertiary/aromatic N) is 1. The van der Waals surface area contributed by atoms with Gasteiger partial charge in [-0.3, -0.25) is 14.5 Å². The SMILES string of the molecule is CC(OS(=O)(=O)C(F)(F)F)=C(C(=O)OC(c1ccccc1)c1ccccc1)N1C(=O)C(NC(=O)COc2ccccc2)C1SS(=O)(=O)c1ccc(C)cc1. The smallest absolute Gasteiger partial charge is 0.484 e. The normalized spacial score (nSPS) is 16.6. The average molecular weight is 805 g/mol. The Bertz CT molecular complexity index is 2200. The first-order valence-electron chi connectivity index (χ1n) is 15.8. The molecular formula is C36H31F3N2O10S3. The minimum Gasteiger partial charge on any atom is -0.484 e. The van der Waals surface area contributed by atoms with Crippen LogP contribution in [0.15, 0.2) is 132 Å². The molecular weight excluding hydrogens is 774 g/mol. The number of hydrogen-bond acceptors (Lipinski definition) is 11. The molecule has 1 fully saturated rings. The zero-order chi connectivity index (χ0) is 39.3. The van der Waals surface area contributed by atoms with E-state index in [9.17, 15) is 44.4 Å². The Kier molecular flexibility index (Phi) is 12.1. The highest BCUT2D eigenvalue weighted by Crippen LogP contribution is 2.42. The van der Waals surface area contributed by atoms with E-state index in [0.717, 1.165) is 0 Å². The Morgan fingerprint density at radius 3 is 1.87 bits per heavy atom. The van der Waals surface area contributed by atoms with Crippen molar-refractivity contribution in [2.75, 3.05) is 6.61 Å². The second-order valence-electron chi connectivity index (χ2n) is 11.6. The fourth-order valence-electron chi connectivity index (χ4n) is 5.11. The molecule has 1 saturated heterocycles. The van der Waals surface area contributed by atoms with Crippen molar-refractivity contribution in [3.05, 3.63) is 143 Å². The quantitative estimate of drug-likeness (QED) is 0.0322. The van der Waals surface area contributed by atoms with Crippen molar-refractivity contribution in [1.82, 2.24) is 10.2 Å². The number of para-hydroxylation sites is 1. The van der Waals surface area contributed by atoms with Crippen LogP contribution < -0.4 is 10.1 Å². The molecule has 2 amide bonds. The van der Waals surface area contributed by atoms with Crippen LogP contribution in [-0.4, -0.2) is 63.1 Å². The number of rotatable bonds is 14. The first kappa shape index (κ1) is 39.9. The predicted molar refractivity (Wildman–Crippen MR) is 190 cm³/mol. The van der Waals surface area contributed by atoms with Gasteiger partial charge in [0, 0.05) is 10.8 Å². The van der Waals surface area contributed by atoms with Crippen LogP contribution in [-0.2, 0) is 42.3 Å². The number of ether oxygens (including phenoxy) is 2. The highest BCUT2D eigenvalue weighted by Gasteiger charge is 2.56. The number of carbonyl (C=O) groups is 3. The summed E-state index contributed by atoms with van der Waals surface area (Å²) in [4.78, 5) is 41.2. The molecule has 0 aromatic heterocycles. The fourth-order valence-corrected chi connectivity index (χ4v) is 9.08. The second kappa shape index (κ2) is 16.4. The lowest BCUT2D eigenvalue weighted by Crippen LogP contribution is -2.70. The summed E-state index contributed by atoms with van der Waals surface area (Å²) >= 11 is 0. The molecule has 4 aromatic carbocycles. The maximum Gasteiger partial charge on any atom is 0.534 e. The standard InChI is InChI=1S/C36H31F3N2O10S3/c1-23-18-20-28(21-19-23)53(45,46)52-34-30(40-29(42)22-49-27-16-10-5-11-17-27)33(43)41(34)31(24(2)51-54(47,48)36(37,38)39)35(44)50-32(25-12-6-3-7-13-25)26-14-8-4-9-15-26/h3-21,30,32,34H,22H2,1-2H3,(H,40,42). The molecule has 0 spiro atoms. The summed E-state index contributed by atoms with van der Waals surface area (Å²) in [5, 5.41) is 0.571. The molecule has 0 bridgehead atoms. The van der Waals surface area contributed by atoms with Crippen LogP contribution >= 0.6 is 10.8 Å². The minimum absolute atomic E-state index is 0.0750. The van der Waals surface area contributed by atoms with Gasteiger partial charge in [-0.2, -0.15) is 21.6 Å². The molecule has 54 heavy (non-hydrogen) atoms. The van der Waals surface area contributed by atoms with E-state index in [-0.39, 0.29) is 15.7 Å². The van der Waals surface area contributed by atoms with Crippen molar-refractivity contribution in [2.45, 2.75) is 41.8 Å². The third-order valence-electron chi connectivity index (χ3n) is 7.72. The average Bonchev–Trinajstić information content (AvgIpc) is 3.14. The highest BCUT2D eigenvalue weighted by molar-refractivity contribution is 8.72. The van der Waals surface area contributed by atoms with E-state index >= 15 is 0 Å². The third kappa shape index (κ3) is 9.23. The number of nitrogens with one attached hydrogen (secondary N) is 1. The van der Waals surface area contributed by atoms with Gasteiger partial charge < -0.3 is 19.0 Å². The maximum atomic E-state index is 14.2. The molecule has 1 N–H and O–H groups in total. The van der Waals surface area contributed by atoms with Gasteiger partial charge in [-0.05, 0) is 49.2 Å². The summed E-state index contributed by atoms with van der Waals surface area (Å²) in [5.41, 5.74) is -5.65. The number of amides is 2. The van der Waals surface area contributed by atoms with E-state index in [1.165, 1.54) is 24.3 Å². The van der Waals surface area contributed by atoms with E-state index in [1.54, 1.807) is 97.9 Å². The van der Waals surface area contributed by atoms with Crippen LogP contribution in [0, 0.1) is 6.92 Å². The van der Waals surface area contributed by atoms with Gasteiger partial charge >= 0.3 is 21.6 Å². The number of likely N-dealkylation sites (tertiary alicyclic amines) is 1. The van der Waals surface area contributed by atoms with Gasteiger partial charge in [-0.15, -0.1) is 0 Å². The lowest BCUT2D eigenvalue weighted by molar-refractivity contribution is -0.155. The summed E-state index contributed by atoms with van der Waals surface area (Å²) in [6.45, 7) is 1.74. The number of halogens is 3. The topological polar surface area (TPSA) is 162 Å². The number of β-lactam (4-membered cyclic amide) rings is 1. The molecule has 284 valence electrons. The summed E-state index contributed by atoms with van der Waals surface area (Å²) in [5.74, 6) is -4.62. The molecule has 4 aromatic rings. The van der Waals surface area contributed by atoms with Gasteiger partial charge in [0.15, 0.2) is 18.4 Å². The monoisotopic (exact) mass is 804 g/mol. The molecule has 1 aliphatic heterocycles. The van der Waals surface area contributed by atoms with E-state index < -0.39 is 77.9 Å². The molecule has 1 aliphatic rings. The molecule has 5 rings (SSSR count). The number of allylic oxidation sites excluding steroid dienone is 1. The number of carbonyl (C=O) groups excluding carboxylic acids is 3. The third-order valence-corrected chi connectivity index (χ3v) is 12.5. The molecule has 2 atom stereocenters. The van der Waals surface area contributed by atoms with E-state index in [2.05, 4.69) is 9.50 Å². The van der Waals surface area contributed by atoms with Crippen molar-refractivity contribution < 1.29 is 58.0 Å². The molecule has 0 radical (unpaired) electrons. The number of alkyl halides is 3. The van der Waals surface area contributed by atoms with Crippen LogP contribution in [0.25, 0.3) is 0 Å². The molecule has 0 aliphatic carbocycles. The summed E-state index contributed by atoms with van der Waals surface area (Å²) in [7, 11) is -10.8. The minimum atomic E-state index is -6.42. The van der Waals surface area contributed by atoms with Crippen LogP contribution in [0.2, 0.25) is 0 Å². The van der Waals surface area contributed by atoms with Crippen molar-refractivity contribution in [3.63, 3.8) is 0 Å². The Balaban J connectivity index is 1.57. The van der Waals surface area contributed by atoms with Gasteiger partial charge in [-0.25, -0.2) is 13.2 Å². The summed E-state index contributed by atoms with van der Waals surface area (Å²) < 4.78 is 108. The Morgan fingerprint density at radius 1 is 0.833 bits per heavy atom. The number of aryl methyl sites for hydroxylation is 1. The van der Waals surface area contributed by atoms with Crippen molar-refractivity contribution in [1.29, 1.82) is 0 Å². The largest absolute Gasteiger partial charge is 0.534 e. The molecule has 0 saturated carbocycles. The molecule has 1 heterocycles. The van der Waals surface area contributed by atoms with Gasteiger partial charge in [-0.1, -0.05) is 96.6 Å². The summed E-state index contributed by atoms with van der Waals surface area (Å²) in [6.07, 6.45) is -1.26. The van der Waals surface area contributed by atoms with Gasteiger partial charge in [0.25, 0.3) is 11.8 Å².